The number of amides is 1. The van der Waals surface area contributed by atoms with Gasteiger partial charge in [-0.15, -0.1) is 10.2 Å². The number of carbonyl (C=O) groups is 2. The molecule has 1 aromatic rings. The minimum Gasteiger partial charge on any atom is -0.480 e. The maximum atomic E-state index is 11.3. The van der Waals surface area contributed by atoms with Crippen LogP contribution in [0.3, 0.4) is 0 Å². The monoisotopic (exact) mass is 199 g/mol. The minimum atomic E-state index is -1.14. The number of aliphatic carboxylic acids is 1. The molecule has 1 amide bonds. The van der Waals surface area contributed by atoms with Crippen LogP contribution in [0.15, 0.2) is 0 Å². The maximum Gasteiger partial charge on any atom is 0.325 e. The van der Waals surface area contributed by atoms with Crippen LogP contribution in [0.2, 0.25) is 0 Å². The van der Waals surface area contributed by atoms with Crippen molar-refractivity contribution in [3.05, 3.63) is 5.69 Å². The summed E-state index contributed by atoms with van der Waals surface area (Å²) in [5.74, 6) is -1.88. The molecule has 0 aliphatic rings. The second kappa shape index (κ2) is 3.73. The molecule has 1 heterocycles. The zero-order valence-corrected chi connectivity index (χ0v) is 7.31. The van der Waals surface area contributed by atoms with Gasteiger partial charge in [-0.05, 0) is 6.92 Å². The van der Waals surface area contributed by atoms with Gasteiger partial charge in [0.1, 0.15) is 6.04 Å². The zero-order valence-electron chi connectivity index (χ0n) is 7.31. The highest BCUT2D eigenvalue weighted by Crippen LogP contribution is 2.01. The van der Waals surface area contributed by atoms with Crippen LogP contribution in [0.4, 0.5) is 5.82 Å². The fourth-order valence-corrected chi connectivity index (χ4v) is 0.733. The van der Waals surface area contributed by atoms with E-state index >= 15 is 0 Å². The predicted molar refractivity (Wildman–Crippen MR) is 45.4 cm³/mol. The van der Waals surface area contributed by atoms with Crippen molar-refractivity contribution in [2.75, 3.05) is 5.73 Å². The Morgan fingerprint density at radius 2 is 2.21 bits per heavy atom. The molecule has 0 saturated heterocycles. The number of hydrogen-bond acceptors (Lipinski definition) is 5. The van der Waals surface area contributed by atoms with Gasteiger partial charge in [-0.25, -0.2) is 0 Å². The van der Waals surface area contributed by atoms with Gasteiger partial charge >= 0.3 is 5.97 Å². The van der Waals surface area contributed by atoms with Crippen LogP contribution in [-0.2, 0) is 4.79 Å². The van der Waals surface area contributed by atoms with Gasteiger partial charge in [-0.1, -0.05) is 0 Å². The standard InChI is InChI=1S/C6H9N5O3/c1-2(6(13)14)8-5(12)3-4(7)10-11-9-3/h2H,1H3,(H,8,12)(H,13,14)(H3,7,9,10,11). The fourth-order valence-electron chi connectivity index (χ4n) is 0.733. The molecule has 1 rings (SSSR count). The molecule has 0 aromatic carbocycles. The first kappa shape index (κ1) is 9.96. The molecule has 5 N–H and O–H groups in total. The molecule has 14 heavy (non-hydrogen) atoms. The summed E-state index contributed by atoms with van der Waals surface area (Å²) in [5, 5.41) is 19.7. The highest BCUT2D eigenvalue weighted by molar-refractivity contribution is 5.98. The van der Waals surface area contributed by atoms with Crippen molar-refractivity contribution >= 4 is 17.7 Å². The molecule has 1 atom stereocenters. The molecule has 1 unspecified atom stereocenters. The van der Waals surface area contributed by atoms with E-state index in [4.69, 9.17) is 10.8 Å². The van der Waals surface area contributed by atoms with Crippen LogP contribution >= 0.6 is 0 Å². The normalized spacial score (nSPS) is 12.1. The summed E-state index contributed by atoms with van der Waals surface area (Å²) < 4.78 is 0. The number of nitrogen functional groups attached to an aromatic ring is 1. The Bertz CT molecular complexity index is 360. The molecule has 0 spiro atoms. The highest BCUT2D eigenvalue weighted by Gasteiger charge is 2.19. The summed E-state index contributed by atoms with van der Waals surface area (Å²) >= 11 is 0. The van der Waals surface area contributed by atoms with Gasteiger partial charge < -0.3 is 16.2 Å². The molecule has 0 fully saturated rings. The first-order valence-electron chi connectivity index (χ1n) is 3.72. The average molecular weight is 199 g/mol. The molecule has 8 heteroatoms. The van der Waals surface area contributed by atoms with Gasteiger partial charge in [-0.2, -0.15) is 5.21 Å². The maximum absolute atomic E-state index is 11.3. The summed E-state index contributed by atoms with van der Waals surface area (Å²) in [5.41, 5.74) is 5.17. The fraction of sp³-hybridized carbons (Fsp3) is 0.333. The summed E-state index contributed by atoms with van der Waals surface area (Å²) in [7, 11) is 0. The number of H-pyrrole nitrogens is 1. The number of anilines is 1. The van der Waals surface area contributed by atoms with Gasteiger partial charge in [0.25, 0.3) is 5.91 Å². The molecule has 0 aliphatic carbocycles. The van der Waals surface area contributed by atoms with E-state index < -0.39 is 17.9 Å². The number of carboxylic acids is 1. The van der Waals surface area contributed by atoms with Crippen molar-refractivity contribution in [1.82, 2.24) is 20.7 Å². The lowest BCUT2D eigenvalue weighted by molar-refractivity contribution is -0.138. The quantitative estimate of drug-likeness (QED) is 0.472. The smallest absolute Gasteiger partial charge is 0.325 e. The highest BCUT2D eigenvalue weighted by atomic mass is 16.4. The van der Waals surface area contributed by atoms with Gasteiger partial charge in [-0.3, -0.25) is 9.59 Å². The lowest BCUT2D eigenvalue weighted by Gasteiger charge is -2.06. The van der Waals surface area contributed by atoms with Gasteiger partial charge in [0.2, 0.25) is 0 Å². The SMILES string of the molecule is CC(NC(=O)c1n[nH]nc1N)C(=O)O. The molecular weight excluding hydrogens is 190 g/mol. The van der Waals surface area contributed by atoms with Crippen molar-refractivity contribution in [1.29, 1.82) is 0 Å². The van der Waals surface area contributed by atoms with E-state index in [9.17, 15) is 9.59 Å². The molecule has 1 aromatic heterocycles. The Balaban J connectivity index is 2.69. The Hall–Kier alpha value is -2.12. The first-order valence-corrected chi connectivity index (χ1v) is 3.72. The number of carboxylic acid groups (broad SMARTS) is 1. The zero-order chi connectivity index (χ0) is 10.7. The molecule has 8 nitrogen and oxygen atoms in total. The summed E-state index contributed by atoms with van der Waals surface area (Å²) in [6.45, 7) is 1.33. The molecule has 0 bridgehead atoms. The number of nitrogens with zero attached hydrogens (tertiary/aromatic N) is 2. The number of nitrogens with two attached hydrogens (primary N) is 1. The summed E-state index contributed by atoms with van der Waals surface area (Å²) in [4.78, 5) is 21.7. The van der Waals surface area contributed by atoms with Gasteiger partial charge in [0.05, 0.1) is 0 Å². The number of rotatable bonds is 3. The molecular formula is C6H9N5O3. The Kier molecular flexibility index (Phi) is 2.65. The van der Waals surface area contributed by atoms with Crippen LogP contribution in [0.1, 0.15) is 17.4 Å². The van der Waals surface area contributed by atoms with Gasteiger partial charge in [0, 0.05) is 0 Å². The second-order valence-corrected chi connectivity index (χ2v) is 2.59. The van der Waals surface area contributed by atoms with Gasteiger partial charge in [0.15, 0.2) is 11.5 Å². The van der Waals surface area contributed by atoms with Crippen LogP contribution in [0.25, 0.3) is 0 Å². The molecule has 0 aliphatic heterocycles. The Morgan fingerprint density at radius 1 is 1.57 bits per heavy atom. The van der Waals surface area contributed by atoms with Crippen LogP contribution in [-0.4, -0.2) is 38.4 Å². The van der Waals surface area contributed by atoms with E-state index in [-0.39, 0.29) is 11.5 Å². The van der Waals surface area contributed by atoms with Crippen molar-refractivity contribution in [3.63, 3.8) is 0 Å². The molecule has 0 saturated carbocycles. The minimum absolute atomic E-state index is 0.0694. The largest absolute Gasteiger partial charge is 0.480 e. The van der Waals surface area contributed by atoms with Crippen LogP contribution in [0, 0.1) is 0 Å². The van der Waals surface area contributed by atoms with E-state index in [2.05, 4.69) is 20.7 Å². The number of nitrogens with one attached hydrogen (secondary N) is 2. The Labute approximate surface area is 78.5 Å². The lowest BCUT2D eigenvalue weighted by atomic mass is 10.3. The van der Waals surface area contributed by atoms with Crippen molar-refractivity contribution in [3.8, 4) is 0 Å². The molecule has 0 radical (unpaired) electrons. The third-order valence-corrected chi connectivity index (χ3v) is 1.51. The van der Waals surface area contributed by atoms with Crippen molar-refractivity contribution in [2.45, 2.75) is 13.0 Å². The second-order valence-electron chi connectivity index (χ2n) is 2.59. The first-order chi connectivity index (χ1) is 6.52. The van der Waals surface area contributed by atoms with E-state index in [1.54, 1.807) is 0 Å². The summed E-state index contributed by atoms with van der Waals surface area (Å²) in [6.07, 6.45) is 0. The van der Waals surface area contributed by atoms with E-state index in [0.29, 0.717) is 0 Å². The summed E-state index contributed by atoms with van der Waals surface area (Å²) in [6, 6.07) is -1.00. The number of carbonyl (C=O) groups excluding carboxylic acids is 1. The van der Waals surface area contributed by atoms with E-state index in [1.807, 2.05) is 0 Å². The van der Waals surface area contributed by atoms with Crippen molar-refractivity contribution < 1.29 is 14.7 Å². The number of hydrogen-bond donors (Lipinski definition) is 4. The Morgan fingerprint density at radius 3 is 2.64 bits per heavy atom. The number of aromatic amines is 1. The topological polar surface area (TPSA) is 134 Å². The lowest BCUT2D eigenvalue weighted by Crippen LogP contribution is -2.38. The molecule has 76 valence electrons. The predicted octanol–water partition coefficient (Wildman–Crippen LogP) is -1.41. The van der Waals surface area contributed by atoms with Crippen molar-refractivity contribution in [2.24, 2.45) is 0 Å². The third-order valence-electron chi connectivity index (χ3n) is 1.51. The van der Waals surface area contributed by atoms with Crippen LogP contribution in [0.5, 0.6) is 0 Å². The van der Waals surface area contributed by atoms with E-state index in [0.717, 1.165) is 0 Å². The van der Waals surface area contributed by atoms with Crippen LogP contribution < -0.4 is 11.1 Å². The van der Waals surface area contributed by atoms with E-state index in [1.165, 1.54) is 6.92 Å². The number of aromatic nitrogens is 3. The average Bonchev–Trinajstić information content (AvgIpc) is 2.51. The third kappa shape index (κ3) is 1.97.